The summed E-state index contributed by atoms with van der Waals surface area (Å²) < 4.78 is 2.01. The molecule has 0 spiro atoms. The van der Waals surface area contributed by atoms with E-state index in [-0.39, 0.29) is 24.0 Å². The number of nitrogens with zero attached hydrogens (tertiary/aromatic N) is 5. The average molecular weight is 503 g/mol. The molecule has 2 N–H and O–H groups in total. The van der Waals surface area contributed by atoms with Crippen LogP contribution in [0.25, 0.3) is 0 Å². The molecule has 2 fully saturated rings. The van der Waals surface area contributed by atoms with E-state index in [1.54, 1.807) is 0 Å². The van der Waals surface area contributed by atoms with Crippen molar-refractivity contribution in [1.82, 2.24) is 30.3 Å². The Morgan fingerprint density at radius 1 is 1.14 bits per heavy atom. The van der Waals surface area contributed by atoms with E-state index in [4.69, 9.17) is 4.99 Å². The predicted octanol–water partition coefficient (Wildman–Crippen LogP) is 2.84. The van der Waals surface area contributed by atoms with Crippen molar-refractivity contribution < 1.29 is 0 Å². The smallest absolute Gasteiger partial charge is 0.192 e. The number of rotatable bonds is 5. The number of halogens is 1. The Morgan fingerprint density at radius 3 is 2.43 bits per heavy atom. The lowest BCUT2D eigenvalue weighted by molar-refractivity contribution is 0.265. The van der Waals surface area contributed by atoms with E-state index in [0.29, 0.717) is 30.6 Å². The Morgan fingerprint density at radius 2 is 1.86 bits per heavy atom. The highest BCUT2D eigenvalue weighted by molar-refractivity contribution is 14.0. The number of aryl methyl sites for hydroxylation is 1. The molecule has 160 valence electrons. The third-order valence-corrected chi connectivity index (χ3v) is 6.20. The third-order valence-electron chi connectivity index (χ3n) is 6.20. The molecule has 1 aliphatic heterocycles. The highest BCUT2D eigenvalue weighted by Gasteiger charge is 2.31. The molecule has 1 saturated heterocycles. The van der Waals surface area contributed by atoms with Crippen LogP contribution in [-0.2, 0) is 13.6 Å². The Hall–Kier alpha value is -0.900. The number of hydrogen-bond acceptors (Lipinski definition) is 4. The van der Waals surface area contributed by atoms with Crippen LogP contribution in [0.3, 0.4) is 0 Å². The van der Waals surface area contributed by atoms with Gasteiger partial charge in [0.1, 0.15) is 12.4 Å². The first-order chi connectivity index (χ1) is 12.9. The first-order valence-corrected chi connectivity index (χ1v) is 10.6. The number of nitrogens with one attached hydrogen (secondary N) is 2. The molecule has 3 rings (SSSR count). The quantitative estimate of drug-likeness (QED) is 0.368. The van der Waals surface area contributed by atoms with Crippen LogP contribution < -0.4 is 10.6 Å². The van der Waals surface area contributed by atoms with Gasteiger partial charge in [-0.1, -0.05) is 26.2 Å². The van der Waals surface area contributed by atoms with Crippen LogP contribution in [0, 0.1) is 12.8 Å². The van der Waals surface area contributed by atoms with Gasteiger partial charge in [-0.2, -0.15) is 0 Å². The molecule has 2 atom stereocenters. The van der Waals surface area contributed by atoms with Gasteiger partial charge >= 0.3 is 0 Å². The highest BCUT2D eigenvalue weighted by atomic mass is 127. The average Bonchev–Trinajstić information content (AvgIpc) is 3.17. The van der Waals surface area contributed by atoms with Crippen LogP contribution in [0.4, 0.5) is 0 Å². The topological polar surface area (TPSA) is 70.4 Å². The largest absolute Gasteiger partial charge is 0.354 e. The summed E-state index contributed by atoms with van der Waals surface area (Å²) in [6.45, 7) is 11.6. The maximum atomic E-state index is 4.88. The minimum Gasteiger partial charge on any atom is -0.354 e. The summed E-state index contributed by atoms with van der Waals surface area (Å²) in [4.78, 5) is 7.43. The summed E-state index contributed by atoms with van der Waals surface area (Å²) in [5, 5.41) is 15.8. The molecule has 2 heterocycles. The van der Waals surface area contributed by atoms with Crippen LogP contribution in [0.15, 0.2) is 4.99 Å². The van der Waals surface area contributed by atoms with Crippen molar-refractivity contribution in [3.8, 4) is 0 Å². The summed E-state index contributed by atoms with van der Waals surface area (Å²) in [7, 11) is 2.00. The molecule has 1 aromatic rings. The summed E-state index contributed by atoms with van der Waals surface area (Å²) in [6, 6.07) is 1.56. The van der Waals surface area contributed by atoms with Crippen molar-refractivity contribution in [3.05, 3.63) is 11.6 Å². The molecule has 0 aromatic carbocycles. The minimum absolute atomic E-state index is 0. The molecule has 0 radical (unpaired) electrons. The second-order valence-electron chi connectivity index (χ2n) is 8.64. The van der Waals surface area contributed by atoms with Gasteiger partial charge in [0.05, 0.1) is 0 Å². The normalized spacial score (nSPS) is 24.4. The van der Waals surface area contributed by atoms with Crippen molar-refractivity contribution in [2.24, 2.45) is 18.0 Å². The van der Waals surface area contributed by atoms with E-state index in [0.717, 1.165) is 30.7 Å². The maximum Gasteiger partial charge on any atom is 0.192 e. The highest BCUT2D eigenvalue weighted by Crippen LogP contribution is 2.20. The Bertz CT molecular complexity index is 636. The zero-order valence-corrected chi connectivity index (χ0v) is 20.4. The second kappa shape index (κ2) is 10.8. The van der Waals surface area contributed by atoms with Gasteiger partial charge in [0.2, 0.25) is 0 Å². The molecule has 2 aliphatic rings. The molecule has 2 unspecified atom stereocenters. The summed E-state index contributed by atoms with van der Waals surface area (Å²) in [5.74, 6) is 3.38. The van der Waals surface area contributed by atoms with Crippen LogP contribution in [0.5, 0.6) is 0 Å². The van der Waals surface area contributed by atoms with Crippen molar-refractivity contribution in [3.63, 3.8) is 0 Å². The maximum absolute atomic E-state index is 4.88. The van der Waals surface area contributed by atoms with Gasteiger partial charge in [0, 0.05) is 38.3 Å². The Balaban J connectivity index is 0.00000280. The van der Waals surface area contributed by atoms with E-state index >= 15 is 0 Å². The fraction of sp³-hybridized carbons (Fsp3) is 0.850. The van der Waals surface area contributed by atoms with Gasteiger partial charge in [0.25, 0.3) is 0 Å². The first-order valence-electron chi connectivity index (χ1n) is 10.6. The molecule has 7 nitrogen and oxygen atoms in total. The van der Waals surface area contributed by atoms with E-state index in [9.17, 15) is 0 Å². The number of aromatic nitrogens is 3. The van der Waals surface area contributed by atoms with E-state index in [1.807, 2.05) is 18.5 Å². The standard InChI is InChI=1S/C20H37N7.HI/c1-14(2)27-12-15(3)18(13-27)23-20(22-17-9-7-6-8-10-17)21-11-19-25-24-16(4)26(19)5;/h14-15,17-18H,6-13H2,1-5H3,(H2,21,22,23);1H. The van der Waals surface area contributed by atoms with E-state index in [1.165, 1.54) is 32.1 Å². The fourth-order valence-corrected chi connectivity index (χ4v) is 4.10. The van der Waals surface area contributed by atoms with Gasteiger partial charge in [0.15, 0.2) is 11.8 Å². The van der Waals surface area contributed by atoms with Crippen molar-refractivity contribution in [1.29, 1.82) is 0 Å². The van der Waals surface area contributed by atoms with Crippen molar-refractivity contribution in [2.45, 2.75) is 84.5 Å². The molecule has 0 amide bonds. The van der Waals surface area contributed by atoms with Gasteiger partial charge in [-0.3, -0.25) is 4.90 Å². The number of likely N-dealkylation sites (tertiary alicyclic amines) is 1. The first kappa shape index (κ1) is 23.4. The number of guanidine groups is 1. The summed E-state index contributed by atoms with van der Waals surface area (Å²) in [5.41, 5.74) is 0. The zero-order chi connectivity index (χ0) is 19.4. The molecule has 28 heavy (non-hydrogen) atoms. The molecule has 1 saturated carbocycles. The second-order valence-corrected chi connectivity index (χ2v) is 8.64. The molecule has 8 heteroatoms. The summed E-state index contributed by atoms with van der Waals surface area (Å²) >= 11 is 0. The molecular weight excluding hydrogens is 465 g/mol. The molecule has 1 aromatic heterocycles. The van der Waals surface area contributed by atoms with Gasteiger partial charge in [-0.15, -0.1) is 34.2 Å². The minimum atomic E-state index is 0. The van der Waals surface area contributed by atoms with Crippen molar-refractivity contribution in [2.75, 3.05) is 13.1 Å². The Labute approximate surface area is 187 Å². The predicted molar refractivity (Wildman–Crippen MR) is 125 cm³/mol. The van der Waals surface area contributed by atoms with Crippen LogP contribution in [0.2, 0.25) is 0 Å². The van der Waals surface area contributed by atoms with Gasteiger partial charge < -0.3 is 15.2 Å². The van der Waals surface area contributed by atoms with E-state index < -0.39 is 0 Å². The number of hydrogen-bond donors (Lipinski definition) is 2. The van der Waals surface area contributed by atoms with Gasteiger partial charge in [-0.25, -0.2) is 4.99 Å². The monoisotopic (exact) mass is 503 g/mol. The zero-order valence-electron chi connectivity index (χ0n) is 18.1. The van der Waals surface area contributed by atoms with Crippen LogP contribution >= 0.6 is 24.0 Å². The Kier molecular flexibility index (Phi) is 8.98. The SMILES string of the molecule is Cc1nnc(CN=C(NC2CCCCC2)NC2CN(C(C)C)CC2C)n1C.I. The van der Waals surface area contributed by atoms with Crippen LogP contribution in [0.1, 0.15) is 64.5 Å². The third kappa shape index (κ3) is 6.05. The fourth-order valence-electron chi connectivity index (χ4n) is 4.10. The summed E-state index contributed by atoms with van der Waals surface area (Å²) in [6.07, 6.45) is 6.46. The molecule has 0 bridgehead atoms. The van der Waals surface area contributed by atoms with Crippen LogP contribution in [-0.4, -0.2) is 56.8 Å². The number of aliphatic imine (C=N–C) groups is 1. The lowest BCUT2D eigenvalue weighted by Gasteiger charge is -2.27. The lowest BCUT2D eigenvalue weighted by Crippen LogP contribution is -2.50. The van der Waals surface area contributed by atoms with Gasteiger partial charge in [-0.05, 0) is 39.5 Å². The molecule has 1 aliphatic carbocycles. The molecular formula is C20H38IN7. The van der Waals surface area contributed by atoms with E-state index in [2.05, 4.69) is 46.5 Å². The lowest BCUT2D eigenvalue weighted by atomic mass is 9.96. The van der Waals surface area contributed by atoms with Crippen molar-refractivity contribution >= 4 is 29.9 Å².